The molecule has 5 nitrogen and oxygen atoms in total. The van der Waals surface area contributed by atoms with E-state index in [1.807, 2.05) is 6.33 Å². The van der Waals surface area contributed by atoms with Crippen molar-refractivity contribution in [1.82, 2.24) is 19.5 Å². The molecular weight excluding hydrogens is 228 g/mol. The second-order valence-electron chi connectivity index (χ2n) is 4.55. The Balaban J connectivity index is 2.23. The number of aromatic nitrogens is 4. The highest BCUT2D eigenvalue weighted by Gasteiger charge is 2.13. The van der Waals surface area contributed by atoms with Gasteiger partial charge < -0.3 is 9.30 Å². The lowest BCUT2D eigenvalue weighted by molar-refractivity contribution is 0.401. The van der Waals surface area contributed by atoms with E-state index in [1.54, 1.807) is 7.11 Å². The van der Waals surface area contributed by atoms with Gasteiger partial charge in [0.25, 0.3) is 0 Å². The Morgan fingerprint density at radius 1 is 1.28 bits per heavy atom. The van der Waals surface area contributed by atoms with Gasteiger partial charge in [-0.25, -0.2) is 9.97 Å². The molecule has 5 heteroatoms. The number of hydrogen-bond acceptors (Lipinski definition) is 4. The summed E-state index contributed by atoms with van der Waals surface area (Å²) in [5.74, 6) is 0.541. The number of imidazole rings is 1. The molecule has 0 saturated carbocycles. The first kappa shape index (κ1) is 12.8. The number of nitrogens with zero attached hydrogens (tertiary/aromatic N) is 4. The standard InChI is InChI=1S/C13H20N4O/c1-4-5-6-7-10(2)17-9-16-11-12(17)14-8-15-13(11)18-3/h8-10H,4-7H2,1-3H3. The lowest BCUT2D eigenvalue weighted by Gasteiger charge is -2.13. The Bertz CT molecular complexity index is 509. The molecule has 2 heterocycles. The van der Waals surface area contributed by atoms with Crippen LogP contribution in [-0.2, 0) is 0 Å². The first-order valence-electron chi connectivity index (χ1n) is 6.49. The number of hydrogen-bond donors (Lipinski definition) is 0. The van der Waals surface area contributed by atoms with Crippen molar-refractivity contribution < 1.29 is 4.74 Å². The summed E-state index contributed by atoms with van der Waals surface area (Å²) in [4.78, 5) is 12.7. The molecular formula is C13H20N4O. The van der Waals surface area contributed by atoms with Crippen molar-refractivity contribution in [2.24, 2.45) is 0 Å². The van der Waals surface area contributed by atoms with Crippen LogP contribution in [0.2, 0.25) is 0 Å². The van der Waals surface area contributed by atoms with Gasteiger partial charge in [0, 0.05) is 6.04 Å². The Hall–Kier alpha value is -1.65. The maximum Gasteiger partial charge on any atom is 0.245 e. The summed E-state index contributed by atoms with van der Waals surface area (Å²) in [6.07, 6.45) is 8.25. The van der Waals surface area contributed by atoms with Gasteiger partial charge >= 0.3 is 0 Å². The molecule has 0 bridgehead atoms. The van der Waals surface area contributed by atoms with Crippen LogP contribution in [0.25, 0.3) is 11.2 Å². The summed E-state index contributed by atoms with van der Waals surface area (Å²) < 4.78 is 7.30. The maximum atomic E-state index is 5.19. The fourth-order valence-electron chi connectivity index (χ4n) is 2.13. The van der Waals surface area contributed by atoms with E-state index >= 15 is 0 Å². The summed E-state index contributed by atoms with van der Waals surface area (Å²) in [6.45, 7) is 4.42. The van der Waals surface area contributed by atoms with Crippen LogP contribution in [0.5, 0.6) is 5.88 Å². The van der Waals surface area contributed by atoms with E-state index in [0.29, 0.717) is 11.9 Å². The smallest absolute Gasteiger partial charge is 0.245 e. The third kappa shape index (κ3) is 2.44. The molecule has 0 fully saturated rings. The van der Waals surface area contributed by atoms with Gasteiger partial charge in [-0.1, -0.05) is 26.2 Å². The fraction of sp³-hybridized carbons (Fsp3) is 0.615. The molecule has 0 saturated heterocycles. The molecule has 98 valence electrons. The molecule has 0 aliphatic heterocycles. The highest BCUT2D eigenvalue weighted by Crippen LogP contribution is 2.24. The molecule has 0 aliphatic carbocycles. The van der Waals surface area contributed by atoms with Crippen LogP contribution in [-0.4, -0.2) is 26.6 Å². The Morgan fingerprint density at radius 3 is 2.83 bits per heavy atom. The first-order valence-corrected chi connectivity index (χ1v) is 6.49. The number of fused-ring (bicyclic) bond motifs is 1. The van der Waals surface area contributed by atoms with Crippen molar-refractivity contribution in [1.29, 1.82) is 0 Å². The molecule has 18 heavy (non-hydrogen) atoms. The van der Waals surface area contributed by atoms with Gasteiger partial charge in [-0.3, -0.25) is 0 Å². The quantitative estimate of drug-likeness (QED) is 0.737. The number of unbranched alkanes of at least 4 members (excludes halogenated alkanes) is 2. The molecule has 1 atom stereocenters. The molecule has 0 aliphatic rings. The van der Waals surface area contributed by atoms with E-state index in [1.165, 1.54) is 25.6 Å². The molecule has 2 aromatic heterocycles. The monoisotopic (exact) mass is 248 g/mol. The lowest BCUT2D eigenvalue weighted by atomic mass is 10.1. The summed E-state index contributed by atoms with van der Waals surface area (Å²) in [5.41, 5.74) is 1.59. The van der Waals surface area contributed by atoms with Crippen molar-refractivity contribution in [3.63, 3.8) is 0 Å². The van der Waals surface area contributed by atoms with Crippen molar-refractivity contribution in [3.8, 4) is 5.88 Å². The topological polar surface area (TPSA) is 52.8 Å². The van der Waals surface area contributed by atoms with Crippen LogP contribution in [0.1, 0.15) is 45.6 Å². The predicted octanol–water partition coefficient (Wildman–Crippen LogP) is 2.98. The van der Waals surface area contributed by atoms with Gasteiger partial charge in [-0.2, -0.15) is 4.98 Å². The van der Waals surface area contributed by atoms with E-state index in [-0.39, 0.29) is 0 Å². The second-order valence-corrected chi connectivity index (χ2v) is 4.55. The van der Waals surface area contributed by atoms with E-state index < -0.39 is 0 Å². The first-order chi connectivity index (χ1) is 8.77. The number of ether oxygens (including phenoxy) is 1. The van der Waals surface area contributed by atoms with E-state index in [9.17, 15) is 0 Å². The minimum absolute atomic E-state index is 0.404. The fourth-order valence-corrected chi connectivity index (χ4v) is 2.13. The van der Waals surface area contributed by atoms with Crippen LogP contribution in [0.15, 0.2) is 12.7 Å². The molecule has 2 rings (SSSR count). The number of methoxy groups -OCH3 is 1. The maximum absolute atomic E-state index is 5.19. The van der Waals surface area contributed by atoms with Gasteiger partial charge in [0.2, 0.25) is 5.88 Å². The summed E-state index contributed by atoms with van der Waals surface area (Å²) in [5, 5.41) is 0. The lowest BCUT2D eigenvalue weighted by Crippen LogP contribution is -2.05. The second kappa shape index (κ2) is 5.80. The van der Waals surface area contributed by atoms with Crippen LogP contribution < -0.4 is 4.74 Å². The average Bonchev–Trinajstić information content (AvgIpc) is 2.82. The Labute approximate surface area is 107 Å². The van der Waals surface area contributed by atoms with Crippen molar-refractivity contribution >= 4 is 11.2 Å². The molecule has 0 N–H and O–H groups in total. The van der Waals surface area contributed by atoms with Crippen LogP contribution in [0.3, 0.4) is 0 Å². The van der Waals surface area contributed by atoms with E-state index in [0.717, 1.165) is 17.6 Å². The third-order valence-corrected chi connectivity index (χ3v) is 3.22. The molecule has 0 spiro atoms. The largest absolute Gasteiger partial charge is 0.479 e. The number of rotatable bonds is 6. The molecule has 0 amide bonds. The van der Waals surface area contributed by atoms with Crippen LogP contribution in [0.4, 0.5) is 0 Å². The predicted molar refractivity (Wildman–Crippen MR) is 70.7 cm³/mol. The molecule has 0 radical (unpaired) electrons. The van der Waals surface area contributed by atoms with Gasteiger partial charge in [0.15, 0.2) is 11.2 Å². The molecule has 2 aromatic rings. The average molecular weight is 248 g/mol. The zero-order valence-corrected chi connectivity index (χ0v) is 11.3. The van der Waals surface area contributed by atoms with Crippen molar-refractivity contribution in [2.75, 3.05) is 7.11 Å². The van der Waals surface area contributed by atoms with Crippen molar-refractivity contribution in [2.45, 2.75) is 45.6 Å². The Kier molecular flexibility index (Phi) is 4.12. The normalized spacial score (nSPS) is 12.8. The SMILES string of the molecule is CCCCCC(C)n1cnc2c(OC)ncnc21. The zero-order chi connectivity index (χ0) is 13.0. The van der Waals surface area contributed by atoms with E-state index in [2.05, 4.69) is 33.4 Å². The van der Waals surface area contributed by atoms with Gasteiger partial charge in [0.05, 0.1) is 13.4 Å². The van der Waals surface area contributed by atoms with Crippen LogP contribution in [0, 0.1) is 0 Å². The molecule has 1 unspecified atom stereocenters. The van der Waals surface area contributed by atoms with Crippen LogP contribution >= 0.6 is 0 Å². The summed E-state index contributed by atoms with van der Waals surface area (Å²) >= 11 is 0. The van der Waals surface area contributed by atoms with Crippen molar-refractivity contribution in [3.05, 3.63) is 12.7 Å². The van der Waals surface area contributed by atoms with E-state index in [4.69, 9.17) is 4.74 Å². The Morgan fingerprint density at radius 2 is 2.11 bits per heavy atom. The van der Waals surface area contributed by atoms with Gasteiger partial charge in [-0.15, -0.1) is 0 Å². The summed E-state index contributed by atoms with van der Waals surface area (Å²) in [7, 11) is 1.60. The minimum Gasteiger partial charge on any atom is -0.479 e. The minimum atomic E-state index is 0.404. The molecule has 0 aromatic carbocycles. The van der Waals surface area contributed by atoms with Gasteiger partial charge in [-0.05, 0) is 13.3 Å². The van der Waals surface area contributed by atoms with Gasteiger partial charge in [0.1, 0.15) is 6.33 Å². The highest BCUT2D eigenvalue weighted by molar-refractivity contribution is 5.75. The summed E-state index contributed by atoms with van der Waals surface area (Å²) in [6, 6.07) is 0.404. The third-order valence-electron chi connectivity index (χ3n) is 3.22. The zero-order valence-electron chi connectivity index (χ0n) is 11.3. The highest BCUT2D eigenvalue weighted by atomic mass is 16.5.